The van der Waals surface area contributed by atoms with Gasteiger partial charge >= 0.3 is 6.03 Å². The Morgan fingerprint density at radius 2 is 2.10 bits per heavy atom. The van der Waals surface area contributed by atoms with Gasteiger partial charge in [0.1, 0.15) is 5.75 Å². The molecule has 3 N–H and O–H groups in total. The van der Waals surface area contributed by atoms with Crippen molar-refractivity contribution in [3.05, 3.63) is 28.8 Å². The van der Waals surface area contributed by atoms with Crippen LogP contribution in [0.15, 0.2) is 18.2 Å². The summed E-state index contributed by atoms with van der Waals surface area (Å²) in [7, 11) is 1.55. The number of urea groups is 1. The Morgan fingerprint density at radius 1 is 1.43 bits per heavy atom. The van der Waals surface area contributed by atoms with Crippen LogP contribution in [0, 0.1) is 5.92 Å². The number of hydrogen-bond acceptors (Lipinski definition) is 3. The molecule has 0 aliphatic rings. The van der Waals surface area contributed by atoms with Gasteiger partial charge in [-0.25, -0.2) is 4.79 Å². The first-order valence-corrected chi connectivity index (χ1v) is 7.20. The highest BCUT2D eigenvalue weighted by atomic mass is 35.5. The minimum absolute atomic E-state index is 0.0501. The molecule has 0 spiro atoms. The second kappa shape index (κ2) is 7.52. The third-order valence-corrected chi connectivity index (χ3v) is 3.77. The quantitative estimate of drug-likeness (QED) is 0.755. The van der Waals surface area contributed by atoms with E-state index in [4.69, 9.17) is 16.3 Å². The van der Waals surface area contributed by atoms with Crippen molar-refractivity contribution >= 4 is 17.6 Å². The number of aliphatic hydroxyl groups is 1. The summed E-state index contributed by atoms with van der Waals surface area (Å²) in [5.41, 5.74) is -0.109. The van der Waals surface area contributed by atoms with E-state index in [1.807, 2.05) is 13.8 Å². The molecule has 0 aliphatic heterocycles. The first-order valence-electron chi connectivity index (χ1n) is 6.82. The van der Waals surface area contributed by atoms with E-state index in [-0.39, 0.29) is 18.5 Å². The van der Waals surface area contributed by atoms with E-state index < -0.39 is 5.60 Å². The molecule has 1 rings (SSSR count). The third-order valence-electron chi connectivity index (χ3n) is 3.54. The van der Waals surface area contributed by atoms with E-state index in [2.05, 4.69) is 10.6 Å². The first-order chi connectivity index (χ1) is 9.76. The van der Waals surface area contributed by atoms with Gasteiger partial charge in [0, 0.05) is 23.7 Å². The van der Waals surface area contributed by atoms with Crippen molar-refractivity contribution in [3.8, 4) is 5.75 Å². The summed E-state index contributed by atoms with van der Waals surface area (Å²) in [6.07, 6.45) is 0. The molecular weight excluding hydrogens is 292 g/mol. The minimum atomic E-state index is -0.935. The van der Waals surface area contributed by atoms with E-state index in [9.17, 15) is 9.90 Å². The second-order valence-electron chi connectivity index (χ2n) is 5.50. The molecule has 1 aromatic carbocycles. The largest absolute Gasteiger partial charge is 0.496 e. The van der Waals surface area contributed by atoms with Crippen LogP contribution < -0.4 is 15.4 Å². The number of benzene rings is 1. The van der Waals surface area contributed by atoms with Crippen molar-refractivity contribution in [3.63, 3.8) is 0 Å². The van der Waals surface area contributed by atoms with E-state index >= 15 is 0 Å². The van der Waals surface area contributed by atoms with Gasteiger partial charge in [0.15, 0.2) is 0 Å². The smallest absolute Gasteiger partial charge is 0.315 e. The Kier molecular flexibility index (Phi) is 6.30. The zero-order valence-corrected chi connectivity index (χ0v) is 13.6. The molecule has 5 nitrogen and oxygen atoms in total. The molecule has 0 bridgehead atoms. The summed E-state index contributed by atoms with van der Waals surface area (Å²) in [5, 5.41) is 16.0. The van der Waals surface area contributed by atoms with Crippen LogP contribution in [0.2, 0.25) is 5.02 Å². The summed E-state index contributed by atoms with van der Waals surface area (Å²) in [6, 6.07) is 4.89. The maximum absolute atomic E-state index is 11.8. The molecule has 0 aliphatic carbocycles. The zero-order valence-electron chi connectivity index (χ0n) is 12.9. The van der Waals surface area contributed by atoms with Crippen molar-refractivity contribution in [2.24, 2.45) is 5.92 Å². The lowest BCUT2D eigenvalue weighted by Crippen LogP contribution is -2.47. The Morgan fingerprint density at radius 3 is 2.67 bits per heavy atom. The minimum Gasteiger partial charge on any atom is -0.496 e. The molecule has 0 saturated heterocycles. The molecule has 0 aromatic heterocycles. The SMILES string of the molecule is COc1cc(Cl)ccc1CNC(=O)NCC(C)(O)C(C)C. The monoisotopic (exact) mass is 314 g/mol. The van der Waals surface area contributed by atoms with E-state index in [0.29, 0.717) is 17.3 Å². The fourth-order valence-electron chi connectivity index (χ4n) is 1.57. The van der Waals surface area contributed by atoms with Crippen molar-refractivity contribution < 1.29 is 14.6 Å². The first kappa shape index (κ1) is 17.6. The Bertz CT molecular complexity index is 490. The van der Waals surface area contributed by atoms with Crippen LogP contribution in [0.25, 0.3) is 0 Å². The summed E-state index contributed by atoms with van der Waals surface area (Å²) in [4.78, 5) is 11.8. The Hall–Kier alpha value is -1.46. The average Bonchev–Trinajstić information content (AvgIpc) is 2.43. The van der Waals surface area contributed by atoms with E-state index in [0.717, 1.165) is 5.56 Å². The van der Waals surface area contributed by atoms with Crippen molar-refractivity contribution in [2.75, 3.05) is 13.7 Å². The lowest BCUT2D eigenvalue weighted by atomic mass is 9.93. The average molecular weight is 315 g/mol. The number of carbonyl (C=O) groups excluding carboxylic acids is 1. The van der Waals surface area contributed by atoms with Gasteiger partial charge in [0.2, 0.25) is 0 Å². The van der Waals surface area contributed by atoms with E-state index in [1.54, 1.807) is 32.2 Å². The standard InChI is InChI=1S/C15H23ClN2O3/c1-10(2)15(3,20)9-18-14(19)17-8-11-5-6-12(16)7-13(11)21-4/h5-7,10,20H,8-9H2,1-4H3,(H2,17,18,19). The van der Waals surface area contributed by atoms with Crippen LogP contribution in [0.4, 0.5) is 4.79 Å². The molecular formula is C15H23ClN2O3. The molecule has 118 valence electrons. The van der Waals surface area contributed by atoms with Gasteiger partial charge in [0.05, 0.1) is 12.7 Å². The van der Waals surface area contributed by atoms with Crippen LogP contribution in [-0.4, -0.2) is 30.4 Å². The maximum Gasteiger partial charge on any atom is 0.315 e. The summed E-state index contributed by atoms with van der Waals surface area (Å²) < 4.78 is 5.21. The maximum atomic E-state index is 11.8. The molecule has 21 heavy (non-hydrogen) atoms. The van der Waals surface area contributed by atoms with Crippen LogP contribution in [0.1, 0.15) is 26.3 Å². The van der Waals surface area contributed by atoms with Crippen molar-refractivity contribution in [2.45, 2.75) is 32.9 Å². The highest BCUT2D eigenvalue weighted by Gasteiger charge is 2.25. The van der Waals surface area contributed by atoms with Crippen molar-refractivity contribution in [1.29, 1.82) is 0 Å². The Balaban J connectivity index is 2.50. The summed E-state index contributed by atoms with van der Waals surface area (Å²) in [5.74, 6) is 0.672. The van der Waals surface area contributed by atoms with Crippen molar-refractivity contribution in [1.82, 2.24) is 10.6 Å². The highest BCUT2D eigenvalue weighted by Crippen LogP contribution is 2.22. The van der Waals surface area contributed by atoms with Gasteiger partial charge < -0.3 is 20.5 Å². The number of ether oxygens (including phenoxy) is 1. The molecule has 0 radical (unpaired) electrons. The highest BCUT2D eigenvalue weighted by molar-refractivity contribution is 6.30. The van der Waals surface area contributed by atoms with Crippen LogP contribution in [0.5, 0.6) is 5.75 Å². The predicted octanol–water partition coefficient (Wildman–Crippen LogP) is 2.55. The Labute approximate surface area is 130 Å². The summed E-state index contributed by atoms with van der Waals surface area (Å²) in [6.45, 7) is 6.00. The third kappa shape index (κ3) is 5.44. The van der Waals surface area contributed by atoms with E-state index in [1.165, 1.54) is 0 Å². The molecule has 1 atom stereocenters. The topological polar surface area (TPSA) is 70.6 Å². The fraction of sp³-hybridized carbons (Fsp3) is 0.533. The molecule has 0 heterocycles. The van der Waals surface area contributed by atoms with Gasteiger partial charge in [0.25, 0.3) is 0 Å². The van der Waals surface area contributed by atoms with Gasteiger partial charge in [-0.1, -0.05) is 31.5 Å². The fourth-order valence-corrected chi connectivity index (χ4v) is 1.73. The lowest BCUT2D eigenvalue weighted by molar-refractivity contribution is 0.0166. The van der Waals surface area contributed by atoms with Crippen LogP contribution in [-0.2, 0) is 6.54 Å². The molecule has 0 saturated carbocycles. The van der Waals surface area contributed by atoms with Gasteiger partial charge in [-0.3, -0.25) is 0 Å². The predicted molar refractivity (Wildman–Crippen MR) is 83.7 cm³/mol. The zero-order chi connectivity index (χ0) is 16.0. The number of halogens is 1. The van der Waals surface area contributed by atoms with Crippen LogP contribution >= 0.6 is 11.6 Å². The lowest BCUT2D eigenvalue weighted by Gasteiger charge is -2.27. The molecule has 6 heteroatoms. The normalized spacial score (nSPS) is 13.7. The van der Waals surface area contributed by atoms with Crippen LogP contribution in [0.3, 0.4) is 0 Å². The van der Waals surface area contributed by atoms with Gasteiger partial charge in [-0.2, -0.15) is 0 Å². The number of hydrogen-bond donors (Lipinski definition) is 3. The van der Waals surface area contributed by atoms with Gasteiger partial charge in [-0.05, 0) is 25.0 Å². The number of nitrogens with one attached hydrogen (secondary N) is 2. The number of amides is 2. The molecule has 0 fully saturated rings. The van der Waals surface area contributed by atoms with Gasteiger partial charge in [-0.15, -0.1) is 0 Å². The summed E-state index contributed by atoms with van der Waals surface area (Å²) >= 11 is 5.88. The number of rotatable bonds is 6. The second-order valence-corrected chi connectivity index (χ2v) is 5.94. The molecule has 2 amide bonds. The number of methoxy groups -OCH3 is 1. The molecule has 1 aromatic rings. The molecule has 1 unspecified atom stereocenters. The number of carbonyl (C=O) groups is 1.